The van der Waals surface area contributed by atoms with E-state index in [4.69, 9.17) is 4.74 Å². The number of hydrogen-bond donors (Lipinski definition) is 1. The Balaban J connectivity index is 1.42. The first-order chi connectivity index (χ1) is 12.6. The lowest BCUT2D eigenvalue weighted by Gasteiger charge is -2.39. The molecule has 26 heavy (non-hydrogen) atoms. The third-order valence-electron chi connectivity index (χ3n) is 5.87. The molecule has 3 aliphatic rings. The van der Waals surface area contributed by atoms with Crippen LogP contribution in [0.3, 0.4) is 0 Å². The topological polar surface area (TPSA) is 67.6 Å². The van der Waals surface area contributed by atoms with E-state index in [9.17, 15) is 14.5 Å². The van der Waals surface area contributed by atoms with E-state index in [0.29, 0.717) is 17.3 Å². The Morgan fingerprint density at radius 3 is 2.58 bits per heavy atom. The summed E-state index contributed by atoms with van der Waals surface area (Å²) in [6.45, 7) is 3.62. The van der Waals surface area contributed by atoms with Crippen LogP contribution < -0.4 is 5.32 Å². The molecule has 0 spiro atoms. The fourth-order valence-electron chi connectivity index (χ4n) is 4.19. The van der Waals surface area contributed by atoms with Gasteiger partial charge in [-0.2, -0.15) is 0 Å². The summed E-state index contributed by atoms with van der Waals surface area (Å²) >= 11 is 0. The highest BCUT2D eigenvalue weighted by atomic mass is 19.1. The van der Waals surface area contributed by atoms with Crippen LogP contribution in [-0.2, 0) is 4.74 Å². The number of nitrogens with zero attached hydrogens (tertiary/aromatic N) is 2. The number of piperidine rings is 1. The van der Waals surface area contributed by atoms with Crippen molar-refractivity contribution in [2.24, 2.45) is 0 Å². The van der Waals surface area contributed by atoms with Crippen LogP contribution >= 0.6 is 0 Å². The predicted octanol–water partition coefficient (Wildman–Crippen LogP) is 3.67. The summed E-state index contributed by atoms with van der Waals surface area (Å²) in [5.41, 5.74) is 0.933. The Morgan fingerprint density at radius 2 is 1.96 bits per heavy atom. The second kappa shape index (κ2) is 7.48. The molecule has 0 bridgehead atoms. The van der Waals surface area contributed by atoms with E-state index < -0.39 is 10.7 Å². The van der Waals surface area contributed by atoms with Crippen LogP contribution in [-0.4, -0.2) is 48.2 Å². The zero-order chi connectivity index (χ0) is 18.1. The summed E-state index contributed by atoms with van der Waals surface area (Å²) in [6, 6.07) is 3.45. The SMILES string of the molecule is O=[N+]([O-])c1cc(F)c(C2CC2)cc1NC1CCN(C2CCCOC2)CC1. The van der Waals surface area contributed by atoms with Crippen molar-refractivity contribution in [2.45, 2.75) is 56.5 Å². The van der Waals surface area contributed by atoms with Gasteiger partial charge >= 0.3 is 0 Å². The maximum atomic E-state index is 14.2. The van der Waals surface area contributed by atoms with Gasteiger partial charge in [0.05, 0.1) is 17.6 Å². The predicted molar refractivity (Wildman–Crippen MR) is 97.1 cm³/mol. The average Bonchev–Trinajstić information content (AvgIpc) is 3.49. The minimum Gasteiger partial charge on any atom is -0.380 e. The van der Waals surface area contributed by atoms with E-state index in [-0.39, 0.29) is 17.6 Å². The molecule has 1 atom stereocenters. The van der Waals surface area contributed by atoms with Gasteiger partial charge in [0.2, 0.25) is 0 Å². The van der Waals surface area contributed by atoms with E-state index >= 15 is 0 Å². The van der Waals surface area contributed by atoms with Crippen LogP contribution in [0.5, 0.6) is 0 Å². The van der Waals surface area contributed by atoms with Gasteiger partial charge in [0.15, 0.2) is 0 Å². The summed E-state index contributed by atoms with van der Waals surface area (Å²) in [5, 5.41) is 14.7. The molecule has 142 valence electrons. The molecule has 1 aromatic rings. The van der Waals surface area contributed by atoms with Crippen molar-refractivity contribution in [2.75, 3.05) is 31.6 Å². The Labute approximate surface area is 152 Å². The summed E-state index contributed by atoms with van der Waals surface area (Å²) in [4.78, 5) is 13.3. The van der Waals surface area contributed by atoms with Gasteiger partial charge in [-0.15, -0.1) is 0 Å². The number of ether oxygens (including phenoxy) is 1. The number of nitro groups is 1. The van der Waals surface area contributed by atoms with Crippen molar-refractivity contribution in [3.05, 3.63) is 33.6 Å². The second-order valence-electron chi connectivity index (χ2n) is 7.75. The number of benzene rings is 1. The van der Waals surface area contributed by atoms with Crippen molar-refractivity contribution in [1.82, 2.24) is 4.90 Å². The van der Waals surface area contributed by atoms with Crippen LogP contribution in [0.15, 0.2) is 12.1 Å². The molecule has 0 radical (unpaired) electrons. The first kappa shape index (κ1) is 17.7. The van der Waals surface area contributed by atoms with Gasteiger partial charge in [0.1, 0.15) is 11.5 Å². The summed E-state index contributed by atoms with van der Waals surface area (Å²) < 4.78 is 19.8. The minimum atomic E-state index is -0.489. The molecule has 3 fully saturated rings. The Hall–Kier alpha value is -1.73. The van der Waals surface area contributed by atoms with Crippen LogP contribution in [0.25, 0.3) is 0 Å². The van der Waals surface area contributed by atoms with E-state index in [0.717, 1.165) is 64.5 Å². The highest BCUT2D eigenvalue weighted by Gasteiger charge is 2.31. The Kier molecular flexibility index (Phi) is 5.09. The summed E-state index contributed by atoms with van der Waals surface area (Å²) in [7, 11) is 0. The molecule has 2 heterocycles. The molecule has 2 saturated heterocycles. The summed E-state index contributed by atoms with van der Waals surface area (Å²) in [6.07, 6.45) is 6.11. The lowest BCUT2D eigenvalue weighted by molar-refractivity contribution is -0.384. The van der Waals surface area contributed by atoms with Crippen LogP contribution in [0.4, 0.5) is 15.8 Å². The zero-order valence-corrected chi connectivity index (χ0v) is 15.0. The van der Waals surface area contributed by atoms with E-state index in [1.807, 2.05) is 0 Å². The minimum absolute atomic E-state index is 0.157. The van der Waals surface area contributed by atoms with Crippen molar-refractivity contribution in [3.8, 4) is 0 Å². The Morgan fingerprint density at radius 1 is 1.19 bits per heavy atom. The Bertz CT molecular complexity index is 666. The molecule has 7 heteroatoms. The number of nitro benzene ring substituents is 1. The van der Waals surface area contributed by atoms with Crippen molar-refractivity contribution in [1.29, 1.82) is 0 Å². The largest absolute Gasteiger partial charge is 0.380 e. The van der Waals surface area contributed by atoms with E-state index in [1.54, 1.807) is 6.07 Å². The van der Waals surface area contributed by atoms with Gasteiger partial charge in [-0.1, -0.05) is 0 Å². The molecule has 4 rings (SSSR count). The molecule has 1 aliphatic carbocycles. The van der Waals surface area contributed by atoms with Crippen molar-refractivity contribution in [3.63, 3.8) is 0 Å². The lowest BCUT2D eigenvalue weighted by Crippen LogP contribution is -2.47. The molecule has 0 aromatic heterocycles. The molecule has 1 N–H and O–H groups in total. The normalized spacial score (nSPS) is 25.2. The van der Waals surface area contributed by atoms with Gasteiger partial charge in [-0.25, -0.2) is 4.39 Å². The quantitative estimate of drug-likeness (QED) is 0.639. The molecule has 2 aliphatic heterocycles. The third kappa shape index (κ3) is 3.83. The van der Waals surface area contributed by atoms with E-state index in [1.165, 1.54) is 6.42 Å². The van der Waals surface area contributed by atoms with Gasteiger partial charge in [0.25, 0.3) is 5.69 Å². The fourth-order valence-corrected chi connectivity index (χ4v) is 4.19. The number of halogens is 1. The highest BCUT2D eigenvalue weighted by molar-refractivity contribution is 5.64. The van der Waals surface area contributed by atoms with E-state index in [2.05, 4.69) is 10.2 Å². The van der Waals surface area contributed by atoms with Gasteiger partial charge in [-0.05, 0) is 56.1 Å². The highest BCUT2D eigenvalue weighted by Crippen LogP contribution is 2.44. The number of likely N-dealkylation sites (tertiary alicyclic amines) is 1. The second-order valence-corrected chi connectivity index (χ2v) is 7.75. The van der Waals surface area contributed by atoms with Gasteiger partial charge in [-0.3, -0.25) is 15.0 Å². The van der Waals surface area contributed by atoms with Crippen LogP contribution in [0, 0.1) is 15.9 Å². The first-order valence-corrected chi connectivity index (χ1v) is 9.68. The van der Waals surface area contributed by atoms with Gasteiger partial charge in [0, 0.05) is 31.8 Å². The number of anilines is 1. The third-order valence-corrected chi connectivity index (χ3v) is 5.87. The molecular formula is C19H26FN3O3. The van der Waals surface area contributed by atoms with Gasteiger partial charge < -0.3 is 10.1 Å². The molecular weight excluding hydrogens is 337 g/mol. The molecule has 6 nitrogen and oxygen atoms in total. The maximum Gasteiger partial charge on any atom is 0.295 e. The number of hydrogen-bond acceptors (Lipinski definition) is 5. The summed E-state index contributed by atoms with van der Waals surface area (Å²) in [5.74, 6) is -0.221. The molecule has 1 aromatic carbocycles. The monoisotopic (exact) mass is 363 g/mol. The number of nitrogens with one attached hydrogen (secondary N) is 1. The lowest BCUT2D eigenvalue weighted by atomic mass is 9.99. The zero-order valence-electron chi connectivity index (χ0n) is 15.0. The molecule has 1 saturated carbocycles. The maximum absolute atomic E-state index is 14.2. The smallest absolute Gasteiger partial charge is 0.295 e. The van der Waals surface area contributed by atoms with Crippen LogP contribution in [0.2, 0.25) is 0 Å². The first-order valence-electron chi connectivity index (χ1n) is 9.68. The van der Waals surface area contributed by atoms with Crippen molar-refractivity contribution >= 4 is 11.4 Å². The number of rotatable bonds is 5. The van der Waals surface area contributed by atoms with Crippen LogP contribution in [0.1, 0.15) is 50.0 Å². The standard InChI is InChI=1S/C19H26FN3O3/c20-17-11-19(23(24)25)18(10-16(17)13-3-4-13)21-14-5-7-22(8-6-14)15-2-1-9-26-12-15/h10-11,13-15,21H,1-9,12H2. The molecule has 1 unspecified atom stereocenters. The fraction of sp³-hybridized carbons (Fsp3) is 0.684. The molecule has 0 amide bonds. The average molecular weight is 363 g/mol. The van der Waals surface area contributed by atoms with Crippen molar-refractivity contribution < 1.29 is 14.1 Å².